The molecule has 0 saturated carbocycles. The minimum atomic E-state index is 0. The third-order valence-electron chi connectivity index (χ3n) is 4.61. The van der Waals surface area contributed by atoms with E-state index in [0.29, 0.717) is 0 Å². The van der Waals surface area contributed by atoms with E-state index in [9.17, 15) is 4.79 Å². The number of nitrogens with zero attached hydrogens (tertiary/aromatic N) is 1. The SMILES string of the molecule is CCC1CCCN(C(C)(C)CNC(=O)C(C)CNC)C1.Cl.Cl. The molecule has 1 rings (SSSR count). The molecule has 2 atom stereocenters. The molecule has 0 radical (unpaired) electrons. The summed E-state index contributed by atoms with van der Waals surface area (Å²) in [6, 6.07) is 0. The van der Waals surface area contributed by atoms with Gasteiger partial charge >= 0.3 is 0 Å². The van der Waals surface area contributed by atoms with E-state index in [4.69, 9.17) is 0 Å². The summed E-state index contributed by atoms with van der Waals surface area (Å²) in [6.45, 7) is 12.5. The van der Waals surface area contributed by atoms with Gasteiger partial charge in [0, 0.05) is 31.1 Å². The summed E-state index contributed by atoms with van der Waals surface area (Å²) >= 11 is 0. The maximum Gasteiger partial charge on any atom is 0.224 e. The average molecular weight is 356 g/mol. The van der Waals surface area contributed by atoms with Crippen LogP contribution in [0.25, 0.3) is 0 Å². The van der Waals surface area contributed by atoms with Gasteiger partial charge < -0.3 is 10.6 Å². The van der Waals surface area contributed by atoms with Gasteiger partial charge in [0.05, 0.1) is 0 Å². The molecule has 0 bridgehead atoms. The molecule has 22 heavy (non-hydrogen) atoms. The van der Waals surface area contributed by atoms with Crippen molar-refractivity contribution in [1.82, 2.24) is 15.5 Å². The first kappa shape index (κ1) is 24.2. The van der Waals surface area contributed by atoms with Crippen molar-refractivity contribution >= 4 is 30.7 Å². The summed E-state index contributed by atoms with van der Waals surface area (Å²) in [5.74, 6) is 0.999. The number of nitrogens with one attached hydrogen (secondary N) is 2. The number of halogens is 2. The van der Waals surface area contributed by atoms with Crippen molar-refractivity contribution in [2.24, 2.45) is 11.8 Å². The van der Waals surface area contributed by atoms with Crippen LogP contribution in [0.3, 0.4) is 0 Å². The second-order valence-electron chi connectivity index (χ2n) is 6.85. The van der Waals surface area contributed by atoms with Crippen molar-refractivity contribution in [3.05, 3.63) is 0 Å². The van der Waals surface area contributed by atoms with Crippen LogP contribution in [-0.2, 0) is 4.79 Å². The summed E-state index contributed by atoms with van der Waals surface area (Å²) in [6.07, 6.45) is 3.90. The molecular formula is C16H35Cl2N3O. The van der Waals surface area contributed by atoms with Crippen LogP contribution in [0.5, 0.6) is 0 Å². The normalized spacial score (nSPS) is 20.5. The van der Waals surface area contributed by atoms with Crippen LogP contribution in [0, 0.1) is 11.8 Å². The molecule has 0 aromatic heterocycles. The average Bonchev–Trinajstić information content (AvgIpc) is 2.45. The first-order valence-electron chi connectivity index (χ1n) is 8.08. The smallest absolute Gasteiger partial charge is 0.224 e. The third kappa shape index (κ3) is 7.49. The Kier molecular flexibility index (Phi) is 12.7. The van der Waals surface area contributed by atoms with Gasteiger partial charge in [-0.2, -0.15) is 0 Å². The number of likely N-dealkylation sites (tertiary alicyclic amines) is 1. The largest absolute Gasteiger partial charge is 0.354 e. The fourth-order valence-electron chi connectivity index (χ4n) is 2.94. The highest BCUT2D eigenvalue weighted by atomic mass is 35.5. The summed E-state index contributed by atoms with van der Waals surface area (Å²) in [5, 5.41) is 6.17. The van der Waals surface area contributed by atoms with Crippen molar-refractivity contribution in [3.8, 4) is 0 Å². The predicted octanol–water partition coefficient (Wildman–Crippen LogP) is 2.70. The number of hydrogen-bond donors (Lipinski definition) is 2. The lowest BCUT2D eigenvalue weighted by Crippen LogP contribution is -2.55. The Morgan fingerprint density at radius 1 is 1.36 bits per heavy atom. The summed E-state index contributed by atoms with van der Waals surface area (Å²) < 4.78 is 0. The van der Waals surface area contributed by atoms with Crippen LogP contribution in [0.15, 0.2) is 0 Å². The summed E-state index contributed by atoms with van der Waals surface area (Å²) in [4.78, 5) is 14.6. The summed E-state index contributed by atoms with van der Waals surface area (Å²) in [7, 11) is 1.88. The monoisotopic (exact) mass is 355 g/mol. The van der Waals surface area contributed by atoms with E-state index in [2.05, 4.69) is 36.3 Å². The number of carbonyl (C=O) groups is 1. The Labute approximate surface area is 149 Å². The molecule has 6 heteroatoms. The highest BCUT2D eigenvalue weighted by Crippen LogP contribution is 2.25. The van der Waals surface area contributed by atoms with E-state index in [1.165, 1.54) is 25.8 Å². The highest BCUT2D eigenvalue weighted by Gasteiger charge is 2.31. The van der Waals surface area contributed by atoms with Crippen molar-refractivity contribution in [2.45, 2.75) is 52.5 Å². The molecule has 1 fully saturated rings. The van der Waals surface area contributed by atoms with E-state index in [-0.39, 0.29) is 42.2 Å². The van der Waals surface area contributed by atoms with E-state index in [1.807, 2.05) is 14.0 Å². The first-order valence-corrected chi connectivity index (χ1v) is 8.08. The topological polar surface area (TPSA) is 44.4 Å². The van der Waals surface area contributed by atoms with Crippen LogP contribution in [0.2, 0.25) is 0 Å². The van der Waals surface area contributed by atoms with E-state index < -0.39 is 0 Å². The number of piperidine rings is 1. The van der Waals surface area contributed by atoms with Crippen LogP contribution < -0.4 is 10.6 Å². The summed E-state index contributed by atoms with van der Waals surface area (Å²) in [5.41, 5.74) is 0.0445. The second kappa shape index (κ2) is 11.5. The number of rotatable bonds is 7. The quantitative estimate of drug-likeness (QED) is 0.737. The fraction of sp³-hybridized carbons (Fsp3) is 0.938. The van der Waals surface area contributed by atoms with Gasteiger partial charge in [-0.1, -0.05) is 20.3 Å². The molecule has 0 aromatic rings. The molecule has 2 unspecified atom stereocenters. The molecule has 0 aliphatic carbocycles. The minimum absolute atomic E-state index is 0. The van der Waals surface area contributed by atoms with Crippen LogP contribution in [-0.4, -0.2) is 49.6 Å². The molecule has 4 nitrogen and oxygen atoms in total. The lowest BCUT2D eigenvalue weighted by Gasteiger charge is -2.43. The van der Waals surface area contributed by atoms with Crippen molar-refractivity contribution < 1.29 is 4.79 Å². The number of hydrogen-bond acceptors (Lipinski definition) is 3. The predicted molar refractivity (Wildman–Crippen MR) is 99.3 cm³/mol. The first-order chi connectivity index (χ1) is 9.40. The lowest BCUT2D eigenvalue weighted by atomic mass is 9.91. The Morgan fingerprint density at radius 3 is 2.55 bits per heavy atom. The van der Waals surface area contributed by atoms with E-state index >= 15 is 0 Å². The Balaban J connectivity index is 0. The number of amides is 1. The van der Waals surface area contributed by atoms with Crippen molar-refractivity contribution in [1.29, 1.82) is 0 Å². The third-order valence-corrected chi connectivity index (χ3v) is 4.61. The van der Waals surface area contributed by atoms with E-state index in [1.54, 1.807) is 0 Å². The molecule has 1 amide bonds. The van der Waals surface area contributed by atoms with Crippen molar-refractivity contribution in [2.75, 3.05) is 33.2 Å². The van der Waals surface area contributed by atoms with E-state index in [0.717, 1.165) is 25.6 Å². The Bertz CT molecular complexity index is 314. The lowest BCUT2D eigenvalue weighted by molar-refractivity contribution is -0.125. The van der Waals surface area contributed by atoms with Crippen molar-refractivity contribution in [3.63, 3.8) is 0 Å². The molecule has 0 spiro atoms. The Morgan fingerprint density at radius 2 is 2.00 bits per heavy atom. The fourth-order valence-corrected chi connectivity index (χ4v) is 2.94. The van der Waals surface area contributed by atoms with Gasteiger partial charge in [-0.05, 0) is 46.2 Å². The van der Waals surface area contributed by atoms with Gasteiger partial charge in [0.2, 0.25) is 5.91 Å². The molecular weight excluding hydrogens is 321 g/mol. The Hall–Kier alpha value is -0.0300. The highest BCUT2D eigenvalue weighted by molar-refractivity contribution is 5.85. The molecule has 1 heterocycles. The van der Waals surface area contributed by atoms with Crippen LogP contribution in [0.1, 0.15) is 47.0 Å². The molecule has 2 N–H and O–H groups in total. The zero-order chi connectivity index (χ0) is 15.2. The van der Waals surface area contributed by atoms with Gasteiger partial charge in [0.15, 0.2) is 0 Å². The van der Waals surface area contributed by atoms with Gasteiger partial charge in [0.1, 0.15) is 0 Å². The van der Waals surface area contributed by atoms with Crippen LogP contribution in [0.4, 0.5) is 0 Å². The standard InChI is InChI=1S/C16H33N3O.2ClH/c1-6-14-8-7-9-19(11-14)16(3,4)12-18-15(20)13(2)10-17-5;;/h13-14,17H,6-12H2,1-5H3,(H,18,20);2*1H. The molecule has 0 aromatic carbocycles. The zero-order valence-electron chi connectivity index (χ0n) is 14.8. The molecule has 134 valence electrons. The minimum Gasteiger partial charge on any atom is -0.354 e. The van der Waals surface area contributed by atoms with Gasteiger partial charge in [-0.3, -0.25) is 9.69 Å². The van der Waals surface area contributed by atoms with Gasteiger partial charge in [-0.15, -0.1) is 24.8 Å². The second-order valence-corrected chi connectivity index (χ2v) is 6.85. The van der Waals surface area contributed by atoms with Gasteiger partial charge in [-0.25, -0.2) is 0 Å². The van der Waals surface area contributed by atoms with Crippen LogP contribution >= 0.6 is 24.8 Å². The molecule has 1 saturated heterocycles. The molecule has 1 aliphatic rings. The molecule has 1 aliphatic heterocycles. The number of carbonyl (C=O) groups excluding carboxylic acids is 1. The maximum atomic E-state index is 12.0. The zero-order valence-corrected chi connectivity index (χ0v) is 16.4. The van der Waals surface area contributed by atoms with Gasteiger partial charge in [0.25, 0.3) is 0 Å². The maximum absolute atomic E-state index is 12.0.